The maximum atomic E-state index is 13.5. The van der Waals surface area contributed by atoms with Crippen molar-refractivity contribution >= 4 is 33.2 Å². The van der Waals surface area contributed by atoms with Crippen molar-refractivity contribution in [2.24, 2.45) is 0 Å². The van der Waals surface area contributed by atoms with Crippen LogP contribution >= 0.6 is 11.3 Å². The van der Waals surface area contributed by atoms with E-state index in [0.717, 1.165) is 10.1 Å². The molecule has 0 amide bonds. The minimum atomic E-state index is -0.620. The molecule has 3 aromatic rings. The molecule has 0 bridgehead atoms. The summed E-state index contributed by atoms with van der Waals surface area (Å²) in [6.07, 6.45) is 0. The van der Waals surface area contributed by atoms with E-state index in [1.807, 2.05) is 24.3 Å². The first-order valence-electron chi connectivity index (χ1n) is 6.58. The predicted octanol–water partition coefficient (Wildman–Crippen LogP) is 4.08. The number of hydrogen-bond donors (Lipinski definition) is 0. The monoisotopic (exact) mass is 314 g/mol. The van der Waals surface area contributed by atoms with Gasteiger partial charge in [0.05, 0.1) is 5.56 Å². The highest BCUT2D eigenvalue weighted by Gasteiger charge is 2.16. The van der Waals surface area contributed by atoms with E-state index in [0.29, 0.717) is 4.88 Å². The van der Waals surface area contributed by atoms with Gasteiger partial charge >= 0.3 is 5.97 Å². The van der Waals surface area contributed by atoms with Crippen LogP contribution in [0.2, 0.25) is 0 Å². The number of ketones is 1. The highest BCUT2D eigenvalue weighted by Crippen LogP contribution is 2.25. The van der Waals surface area contributed by atoms with Crippen LogP contribution in [0.3, 0.4) is 0 Å². The Morgan fingerprint density at radius 3 is 2.55 bits per heavy atom. The summed E-state index contributed by atoms with van der Waals surface area (Å²) in [5, 5.41) is 0.944. The number of rotatable bonds is 4. The summed E-state index contributed by atoms with van der Waals surface area (Å²) in [6.45, 7) is -0.478. The molecule has 1 heterocycles. The van der Waals surface area contributed by atoms with E-state index in [1.165, 1.54) is 29.5 Å². The Morgan fingerprint density at radius 2 is 1.77 bits per heavy atom. The van der Waals surface area contributed by atoms with Crippen LogP contribution in [0.1, 0.15) is 20.0 Å². The second-order valence-electron chi connectivity index (χ2n) is 4.63. The van der Waals surface area contributed by atoms with Crippen LogP contribution in [0, 0.1) is 5.82 Å². The Kier molecular flexibility index (Phi) is 3.98. The number of hydrogen-bond acceptors (Lipinski definition) is 4. The largest absolute Gasteiger partial charge is 0.453 e. The van der Waals surface area contributed by atoms with Crippen molar-refractivity contribution in [3.8, 4) is 0 Å². The Labute approximate surface area is 130 Å². The van der Waals surface area contributed by atoms with Gasteiger partial charge in [-0.3, -0.25) is 4.79 Å². The Morgan fingerprint density at radius 1 is 1.05 bits per heavy atom. The standard InChI is InChI=1S/C17H11FO3S/c18-13-7-3-2-6-12(13)14(19)10-21-17(20)16-9-11-5-1-4-8-15(11)22-16/h1-9H,10H2. The van der Waals surface area contributed by atoms with Gasteiger partial charge in [0.25, 0.3) is 0 Å². The molecule has 0 aliphatic heterocycles. The van der Waals surface area contributed by atoms with Gasteiger partial charge in [-0.25, -0.2) is 9.18 Å². The molecule has 0 spiro atoms. The molecule has 2 aromatic carbocycles. The molecule has 0 atom stereocenters. The van der Waals surface area contributed by atoms with Gasteiger partial charge in [0, 0.05) is 4.70 Å². The molecule has 0 radical (unpaired) electrons. The summed E-state index contributed by atoms with van der Waals surface area (Å²) in [5.74, 6) is -1.76. The molecule has 0 aliphatic rings. The van der Waals surface area contributed by atoms with Gasteiger partial charge < -0.3 is 4.74 Å². The topological polar surface area (TPSA) is 43.4 Å². The zero-order valence-corrected chi connectivity index (χ0v) is 12.2. The first kappa shape index (κ1) is 14.4. The number of fused-ring (bicyclic) bond motifs is 1. The number of ether oxygens (including phenoxy) is 1. The smallest absolute Gasteiger partial charge is 0.348 e. The molecule has 0 saturated carbocycles. The molecule has 3 nitrogen and oxygen atoms in total. The highest BCUT2D eigenvalue weighted by atomic mass is 32.1. The lowest BCUT2D eigenvalue weighted by molar-refractivity contribution is 0.0478. The number of carbonyl (C=O) groups is 2. The Hall–Kier alpha value is -2.53. The predicted molar refractivity (Wildman–Crippen MR) is 82.8 cm³/mol. The summed E-state index contributed by atoms with van der Waals surface area (Å²) in [4.78, 5) is 24.3. The van der Waals surface area contributed by atoms with Crippen molar-refractivity contribution in [1.82, 2.24) is 0 Å². The summed E-state index contributed by atoms with van der Waals surface area (Å²) in [7, 11) is 0. The minimum Gasteiger partial charge on any atom is -0.453 e. The minimum absolute atomic E-state index is 0.0772. The zero-order valence-electron chi connectivity index (χ0n) is 11.4. The third-order valence-corrected chi connectivity index (χ3v) is 4.23. The SMILES string of the molecule is O=C(OCC(=O)c1ccccc1F)c1cc2ccccc2s1. The van der Waals surface area contributed by atoms with Crippen molar-refractivity contribution < 1.29 is 18.7 Å². The van der Waals surface area contributed by atoms with Crippen molar-refractivity contribution in [3.63, 3.8) is 0 Å². The number of thiophene rings is 1. The number of esters is 1. The average Bonchev–Trinajstić information content (AvgIpc) is 2.97. The van der Waals surface area contributed by atoms with Gasteiger partial charge in [0.15, 0.2) is 6.61 Å². The molecule has 1 aromatic heterocycles. The van der Waals surface area contributed by atoms with Crippen LogP contribution in [-0.2, 0) is 4.74 Å². The van der Waals surface area contributed by atoms with Crippen LogP contribution in [0.5, 0.6) is 0 Å². The lowest BCUT2D eigenvalue weighted by Gasteiger charge is -2.03. The molecule has 0 unspecified atom stereocenters. The van der Waals surface area contributed by atoms with Crippen LogP contribution in [0.25, 0.3) is 10.1 Å². The lowest BCUT2D eigenvalue weighted by atomic mass is 10.1. The van der Waals surface area contributed by atoms with E-state index < -0.39 is 24.2 Å². The molecule has 0 aliphatic carbocycles. The second-order valence-corrected chi connectivity index (χ2v) is 5.71. The van der Waals surface area contributed by atoms with Crippen LogP contribution in [0.4, 0.5) is 4.39 Å². The normalized spacial score (nSPS) is 10.6. The molecular weight excluding hydrogens is 303 g/mol. The molecular formula is C17H11FO3S. The number of benzene rings is 2. The maximum absolute atomic E-state index is 13.5. The van der Waals surface area contributed by atoms with Crippen molar-refractivity contribution in [1.29, 1.82) is 0 Å². The number of carbonyl (C=O) groups excluding carboxylic acids is 2. The summed E-state index contributed by atoms with van der Waals surface area (Å²) in [6, 6.07) is 14.9. The van der Waals surface area contributed by atoms with Gasteiger partial charge in [-0.2, -0.15) is 0 Å². The first-order valence-corrected chi connectivity index (χ1v) is 7.40. The van der Waals surface area contributed by atoms with Gasteiger partial charge in [-0.05, 0) is 29.7 Å². The Balaban J connectivity index is 1.69. The maximum Gasteiger partial charge on any atom is 0.348 e. The quantitative estimate of drug-likeness (QED) is 0.538. The summed E-state index contributed by atoms with van der Waals surface area (Å²) < 4.78 is 19.4. The third-order valence-electron chi connectivity index (χ3n) is 3.14. The molecule has 110 valence electrons. The highest BCUT2D eigenvalue weighted by molar-refractivity contribution is 7.20. The second kappa shape index (κ2) is 6.07. The first-order chi connectivity index (χ1) is 10.6. The van der Waals surface area contributed by atoms with Gasteiger partial charge in [-0.1, -0.05) is 30.3 Å². The van der Waals surface area contributed by atoms with E-state index >= 15 is 0 Å². The fraction of sp³-hybridized carbons (Fsp3) is 0.0588. The van der Waals surface area contributed by atoms with E-state index in [4.69, 9.17) is 4.74 Å². The van der Waals surface area contributed by atoms with Crippen molar-refractivity contribution in [3.05, 3.63) is 70.9 Å². The van der Waals surface area contributed by atoms with Gasteiger partial charge in [-0.15, -0.1) is 11.3 Å². The fourth-order valence-corrected chi connectivity index (χ4v) is 3.01. The van der Waals surface area contributed by atoms with Crippen LogP contribution < -0.4 is 0 Å². The molecule has 0 fully saturated rings. The number of halogens is 1. The Bertz CT molecular complexity index is 821. The van der Waals surface area contributed by atoms with Crippen molar-refractivity contribution in [2.75, 3.05) is 6.61 Å². The van der Waals surface area contributed by atoms with Crippen LogP contribution in [-0.4, -0.2) is 18.4 Å². The lowest BCUT2D eigenvalue weighted by Crippen LogP contribution is -2.14. The third kappa shape index (κ3) is 2.89. The molecule has 22 heavy (non-hydrogen) atoms. The molecule has 3 rings (SSSR count). The van der Waals surface area contributed by atoms with E-state index in [-0.39, 0.29) is 5.56 Å². The van der Waals surface area contributed by atoms with E-state index in [2.05, 4.69) is 0 Å². The van der Waals surface area contributed by atoms with E-state index in [1.54, 1.807) is 12.1 Å². The summed E-state index contributed by atoms with van der Waals surface area (Å²) >= 11 is 1.30. The van der Waals surface area contributed by atoms with Crippen LogP contribution in [0.15, 0.2) is 54.6 Å². The average molecular weight is 314 g/mol. The molecule has 0 saturated heterocycles. The van der Waals surface area contributed by atoms with Gasteiger partial charge in [0.1, 0.15) is 10.7 Å². The fourth-order valence-electron chi connectivity index (χ4n) is 2.05. The molecule has 5 heteroatoms. The van der Waals surface area contributed by atoms with Crippen molar-refractivity contribution in [2.45, 2.75) is 0 Å². The zero-order chi connectivity index (χ0) is 15.5. The summed E-state index contributed by atoms with van der Waals surface area (Å²) in [5.41, 5.74) is -0.0772. The molecule has 0 N–H and O–H groups in total. The van der Waals surface area contributed by atoms with Gasteiger partial charge in [0.2, 0.25) is 5.78 Å². The van der Waals surface area contributed by atoms with E-state index in [9.17, 15) is 14.0 Å². The number of Topliss-reactive ketones (excluding diaryl/α,β-unsaturated/α-hetero) is 1.